The van der Waals surface area contributed by atoms with Crippen molar-refractivity contribution in [3.63, 3.8) is 0 Å². The fourth-order valence-electron chi connectivity index (χ4n) is 1.70. The Hall–Kier alpha value is -1.75. The van der Waals surface area contributed by atoms with Gasteiger partial charge in [0.15, 0.2) is 0 Å². The number of nitrogens with zero attached hydrogens (tertiary/aromatic N) is 2. The van der Waals surface area contributed by atoms with Crippen LogP contribution in [-0.2, 0) is 5.41 Å². The number of benzene rings is 1. The third-order valence-corrected chi connectivity index (χ3v) is 3.60. The lowest BCUT2D eigenvalue weighted by Crippen LogP contribution is -2.31. The minimum absolute atomic E-state index is 0.277. The summed E-state index contributed by atoms with van der Waals surface area (Å²) in [5.74, 6) is 0.608. The van der Waals surface area contributed by atoms with Crippen LogP contribution in [0.3, 0.4) is 0 Å². The second kappa shape index (κ2) is 5.09. The molecule has 1 atom stereocenters. The molecule has 0 saturated heterocycles. The number of aromatic nitrogens is 2. The molecule has 2 N–H and O–H groups in total. The summed E-state index contributed by atoms with van der Waals surface area (Å²) < 4.78 is 18.8. The Bertz CT molecular complexity index is 576. The Labute approximate surface area is 111 Å². The molecule has 2 rings (SSSR count). The molecule has 0 radical (unpaired) electrons. The molecule has 1 heterocycles. The summed E-state index contributed by atoms with van der Waals surface area (Å²) in [5.41, 5.74) is 6.61. The highest BCUT2D eigenvalue weighted by Crippen LogP contribution is 2.27. The molecule has 0 saturated carbocycles. The molecule has 0 bridgehead atoms. The van der Waals surface area contributed by atoms with Gasteiger partial charge in [0.1, 0.15) is 5.82 Å². The zero-order chi connectivity index (χ0) is 14.0. The molecule has 0 amide bonds. The second-order valence-corrected chi connectivity index (χ2v) is 5.01. The van der Waals surface area contributed by atoms with Crippen LogP contribution >= 0.6 is 0 Å². The number of hydrogen-bond acceptors (Lipinski definition) is 4. The molecule has 0 aliphatic heterocycles. The van der Waals surface area contributed by atoms with Crippen LogP contribution in [0.2, 0.25) is 0 Å². The van der Waals surface area contributed by atoms with Crippen molar-refractivity contribution in [1.82, 2.24) is 10.1 Å². The van der Waals surface area contributed by atoms with Crippen molar-refractivity contribution in [3.8, 4) is 11.4 Å². The first-order valence-electron chi connectivity index (χ1n) is 6.31. The van der Waals surface area contributed by atoms with E-state index >= 15 is 0 Å². The first kappa shape index (κ1) is 13.7. The maximum absolute atomic E-state index is 13.5. The lowest BCUT2D eigenvalue weighted by Gasteiger charge is -2.20. The Morgan fingerprint density at radius 3 is 2.74 bits per heavy atom. The molecule has 1 aromatic carbocycles. The molecule has 0 aliphatic rings. The molecule has 2 aromatic rings. The zero-order valence-electron chi connectivity index (χ0n) is 11.4. The summed E-state index contributed by atoms with van der Waals surface area (Å²) in [6, 6.07) is 4.89. The standard InChI is InChI=1S/C14H18FN3O/c1-4-14(3,8-16)13-17-12(18-19-13)10-6-5-9(2)11(15)7-10/h5-7H,4,8,16H2,1-3H3. The molecule has 102 valence electrons. The second-order valence-electron chi connectivity index (χ2n) is 5.01. The highest BCUT2D eigenvalue weighted by molar-refractivity contribution is 5.55. The third-order valence-electron chi connectivity index (χ3n) is 3.60. The number of hydrogen-bond donors (Lipinski definition) is 1. The summed E-state index contributed by atoms with van der Waals surface area (Å²) >= 11 is 0. The van der Waals surface area contributed by atoms with Crippen LogP contribution in [0.1, 0.15) is 31.7 Å². The summed E-state index contributed by atoms with van der Waals surface area (Å²) in [4.78, 5) is 4.34. The van der Waals surface area contributed by atoms with Crippen LogP contribution in [-0.4, -0.2) is 16.7 Å². The van der Waals surface area contributed by atoms with E-state index in [4.69, 9.17) is 10.3 Å². The van der Waals surface area contributed by atoms with E-state index in [2.05, 4.69) is 10.1 Å². The topological polar surface area (TPSA) is 64.9 Å². The van der Waals surface area contributed by atoms with Crippen LogP contribution in [0.4, 0.5) is 4.39 Å². The highest BCUT2D eigenvalue weighted by Gasteiger charge is 2.29. The first-order chi connectivity index (χ1) is 9.00. The first-order valence-corrected chi connectivity index (χ1v) is 6.31. The van der Waals surface area contributed by atoms with Crippen LogP contribution in [0, 0.1) is 12.7 Å². The molecule has 5 heteroatoms. The fourth-order valence-corrected chi connectivity index (χ4v) is 1.70. The molecule has 0 aliphatic carbocycles. The summed E-state index contributed by atoms with van der Waals surface area (Å²) in [6.07, 6.45) is 0.799. The number of aryl methyl sites for hydroxylation is 1. The molecule has 4 nitrogen and oxygen atoms in total. The Morgan fingerprint density at radius 1 is 1.42 bits per heavy atom. The summed E-state index contributed by atoms with van der Waals surface area (Å²) in [7, 11) is 0. The van der Waals surface area contributed by atoms with Crippen molar-refractivity contribution >= 4 is 0 Å². The Balaban J connectivity index is 2.38. The Morgan fingerprint density at radius 2 is 2.16 bits per heavy atom. The zero-order valence-corrected chi connectivity index (χ0v) is 11.4. The molecule has 1 unspecified atom stereocenters. The van der Waals surface area contributed by atoms with Gasteiger partial charge in [-0.05, 0) is 31.9 Å². The van der Waals surface area contributed by atoms with Gasteiger partial charge in [0.2, 0.25) is 11.7 Å². The van der Waals surface area contributed by atoms with E-state index in [9.17, 15) is 4.39 Å². The number of rotatable bonds is 4. The molecule has 1 aromatic heterocycles. The average Bonchev–Trinajstić information content (AvgIpc) is 2.91. The molecule has 0 fully saturated rings. The van der Waals surface area contributed by atoms with Gasteiger partial charge < -0.3 is 10.3 Å². The molecular weight excluding hydrogens is 245 g/mol. The van der Waals surface area contributed by atoms with Crippen molar-refractivity contribution in [2.24, 2.45) is 5.73 Å². The van der Waals surface area contributed by atoms with Crippen LogP contribution in [0.5, 0.6) is 0 Å². The lowest BCUT2D eigenvalue weighted by molar-refractivity contribution is 0.291. The molecule has 19 heavy (non-hydrogen) atoms. The van der Waals surface area contributed by atoms with Gasteiger partial charge in [-0.1, -0.05) is 24.2 Å². The fraction of sp³-hybridized carbons (Fsp3) is 0.429. The predicted octanol–water partition coefficient (Wildman–Crippen LogP) is 2.81. The van der Waals surface area contributed by atoms with Gasteiger partial charge in [-0.3, -0.25) is 0 Å². The smallest absolute Gasteiger partial charge is 0.234 e. The van der Waals surface area contributed by atoms with Gasteiger partial charge >= 0.3 is 0 Å². The molecular formula is C14H18FN3O. The van der Waals surface area contributed by atoms with E-state index in [0.29, 0.717) is 29.4 Å². The van der Waals surface area contributed by atoms with Gasteiger partial charge in [-0.25, -0.2) is 4.39 Å². The summed E-state index contributed by atoms with van der Waals surface area (Å²) in [5, 5.41) is 3.91. The van der Waals surface area contributed by atoms with Crippen molar-refractivity contribution in [2.45, 2.75) is 32.6 Å². The predicted molar refractivity (Wildman–Crippen MR) is 71.1 cm³/mol. The van der Waals surface area contributed by atoms with Crippen LogP contribution in [0.25, 0.3) is 11.4 Å². The van der Waals surface area contributed by atoms with E-state index in [1.165, 1.54) is 6.07 Å². The average molecular weight is 263 g/mol. The van der Waals surface area contributed by atoms with E-state index in [1.54, 1.807) is 19.1 Å². The minimum Gasteiger partial charge on any atom is -0.338 e. The van der Waals surface area contributed by atoms with Gasteiger partial charge in [0, 0.05) is 12.1 Å². The lowest BCUT2D eigenvalue weighted by atomic mass is 9.88. The van der Waals surface area contributed by atoms with Crippen LogP contribution in [0.15, 0.2) is 22.7 Å². The van der Waals surface area contributed by atoms with Crippen molar-refractivity contribution in [2.75, 3.05) is 6.54 Å². The van der Waals surface area contributed by atoms with Gasteiger partial charge in [0.25, 0.3) is 0 Å². The van der Waals surface area contributed by atoms with Gasteiger partial charge in [-0.2, -0.15) is 4.98 Å². The normalized spacial score (nSPS) is 14.4. The van der Waals surface area contributed by atoms with E-state index in [1.807, 2.05) is 13.8 Å². The van der Waals surface area contributed by atoms with Gasteiger partial charge in [0.05, 0.1) is 5.41 Å². The van der Waals surface area contributed by atoms with Crippen molar-refractivity contribution in [1.29, 1.82) is 0 Å². The van der Waals surface area contributed by atoms with Gasteiger partial charge in [-0.15, -0.1) is 0 Å². The summed E-state index contributed by atoms with van der Waals surface area (Å²) in [6.45, 7) is 6.12. The largest absolute Gasteiger partial charge is 0.338 e. The quantitative estimate of drug-likeness (QED) is 0.921. The van der Waals surface area contributed by atoms with Crippen molar-refractivity contribution < 1.29 is 8.91 Å². The maximum atomic E-state index is 13.5. The van der Waals surface area contributed by atoms with Crippen LogP contribution < -0.4 is 5.73 Å². The Kier molecular flexibility index (Phi) is 3.66. The highest BCUT2D eigenvalue weighted by atomic mass is 19.1. The number of nitrogens with two attached hydrogens (primary N) is 1. The van der Waals surface area contributed by atoms with E-state index in [-0.39, 0.29) is 11.2 Å². The SMILES string of the molecule is CCC(C)(CN)c1nc(-c2ccc(C)c(F)c2)no1. The maximum Gasteiger partial charge on any atom is 0.234 e. The minimum atomic E-state index is -0.339. The number of halogens is 1. The molecule has 0 spiro atoms. The van der Waals surface area contributed by atoms with Crippen molar-refractivity contribution in [3.05, 3.63) is 35.5 Å². The van der Waals surface area contributed by atoms with E-state index < -0.39 is 0 Å². The van der Waals surface area contributed by atoms with E-state index in [0.717, 1.165) is 6.42 Å². The monoisotopic (exact) mass is 263 g/mol. The third kappa shape index (κ3) is 2.51.